The van der Waals surface area contributed by atoms with E-state index in [4.69, 9.17) is 16.3 Å². The van der Waals surface area contributed by atoms with Crippen molar-refractivity contribution in [2.75, 3.05) is 0 Å². The molecule has 0 spiro atoms. The highest BCUT2D eigenvalue weighted by Crippen LogP contribution is 2.39. The number of aryl methyl sites for hydroxylation is 1. The van der Waals surface area contributed by atoms with Crippen LogP contribution in [-0.2, 0) is 6.42 Å². The third-order valence-corrected chi connectivity index (χ3v) is 3.45. The highest BCUT2D eigenvalue weighted by atomic mass is 35.5. The maximum absolute atomic E-state index is 6.17. The van der Waals surface area contributed by atoms with Crippen LogP contribution >= 0.6 is 11.6 Å². The second kappa shape index (κ2) is 4.42. The molecule has 0 fully saturated rings. The summed E-state index contributed by atoms with van der Waals surface area (Å²) >= 11 is 6.17. The smallest absolute Gasteiger partial charge is 0.142 e. The number of hydrogen-bond donors (Lipinski definition) is 0. The zero-order valence-electron chi connectivity index (χ0n) is 9.40. The first kappa shape index (κ1) is 10.7. The molecule has 1 aliphatic heterocycles. The number of para-hydroxylation sites is 1. The molecule has 0 saturated carbocycles. The molecular formula is C15H13ClO. The second-order valence-corrected chi connectivity index (χ2v) is 4.69. The Kier molecular flexibility index (Phi) is 2.77. The van der Waals surface area contributed by atoms with E-state index in [1.54, 1.807) is 0 Å². The number of halogens is 1. The quantitative estimate of drug-likeness (QED) is 0.722. The average molecular weight is 245 g/mol. The van der Waals surface area contributed by atoms with Gasteiger partial charge < -0.3 is 4.74 Å². The third kappa shape index (κ3) is 2.03. The van der Waals surface area contributed by atoms with Crippen LogP contribution in [0.4, 0.5) is 0 Å². The lowest BCUT2D eigenvalue weighted by Gasteiger charge is -2.27. The molecule has 0 saturated heterocycles. The zero-order valence-corrected chi connectivity index (χ0v) is 10.2. The minimum absolute atomic E-state index is 0.128. The van der Waals surface area contributed by atoms with Crippen molar-refractivity contribution < 1.29 is 4.74 Å². The lowest BCUT2D eigenvalue weighted by molar-refractivity contribution is 0.177. The summed E-state index contributed by atoms with van der Waals surface area (Å²) < 4.78 is 6.02. The van der Waals surface area contributed by atoms with Crippen molar-refractivity contribution in [1.82, 2.24) is 0 Å². The number of ether oxygens (including phenoxy) is 1. The van der Waals surface area contributed by atoms with Gasteiger partial charge >= 0.3 is 0 Å². The van der Waals surface area contributed by atoms with Crippen LogP contribution in [0.5, 0.6) is 5.75 Å². The summed E-state index contributed by atoms with van der Waals surface area (Å²) in [6.45, 7) is 0. The second-order valence-electron chi connectivity index (χ2n) is 4.28. The standard InChI is InChI=1S/C15H13ClO/c16-13-8-4-7-12-9-10-14(17-15(12)13)11-5-2-1-3-6-11/h1-8,14H,9-10H2. The third-order valence-electron chi connectivity index (χ3n) is 3.16. The minimum atomic E-state index is 0.128. The molecule has 17 heavy (non-hydrogen) atoms. The lowest BCUT2D eigenvalue weighted by Crippen LogP contribution is -2.15. The van der Waals surface area contributed by atoms with E-state index >= 15 is 0 Å². The summed E-state index contributed by atoms with van der Waals surface area (Å²) in [6, 6.07) is 16.3. The average Bonchev–Trinajstić information content (AvgIpc) is 2.40. The minimum Gasteiger partial charge on any atom is -0.484 e. The Labute approximate surface area is 106 Å². The fourth-order valence-electron chi connectivity index (χ4n) is 2.27. The predicted molar refractivity (Wildman–Crippen MR) is 69.6 cm³/mol. The van der Waals surface area contributed by atoms with Gasteiger partial charge in [0.15, 0.2) is 0 Å². The Morgan fingerprint density at radius 3 is 2.65 bits per heavy atom. The Morgan fingerprint density at radius 2 is 1.82 bits per heavy atom. The van der Waals surface area contributed by atoms with Crippen LogP contribution in [0.1, 0.15) is 23.7 Å². The normalized spacial score (nSPS) is 18.3. The molecule has 0 N–H and O–H groups in total. The van der Waals surface area contributed by atoms with Crippen molar-refractivity contribution in [1.29, 1.82) is 0 Å². The molecule has 1 aliphatic rings. The number of benzene rings is 2. The van der Waals surface area contributed by atoms with E-state index in [1.165, 1.54) is 11.1 Å². The highest BCUT2D eigenvalue weighted by Gasteiger charge is 2.22. The molecule has 1 nitrogen and oxygen atoms in total. The molecule has 3 rings (SSSR count). The van der Waals surface area contributed by atoms with Crippen molar-refractivity contribution in [3.05, 3.63) is 64.7 Å². The van der Waals surface area contributed by atoms with E-state index in [0.29, 0.717) is 5.02 Å². The Balaban J connectivity index is 1.93. The summed E-state index contributed by atoms with van der Waals surface area (Å²) in [7, 11) is 0. The van der Waals surface area contributed by atoms with Crippen LogP contribution in [0.3, 0.4) is 0 Å². The fourth-order valence-corrected chi connectivity index (χ4v) is 2.51. The molecule has 86 valence electrons. The van der Waals surface area contributed by atoms with Crippen LogP contribution in [0, 0.1) is 0 Å². The van der Waals surface area contributed by atoms with Crippen LogP contribution < -0.4 is 4.74 Å². The summed E-state index contributed by atoms with van der Waals surface area (Å²) in [6.07, 6.45) is 2.16. The van der Waals surface area contributed by atoms with Crippen molar-refractivity contribution in [3.8, 4) is 5.75 Å². The number of fused-ring (bicyclic) bond motifs is 1. The predicted octanol–water partition coefficient (Wildman–Crippen LogP) is 4.41. The monoisotopic (exact) mass is 244 g/mol. The highest BCUT2D eigenvalue weighted by molar-refractivity contribution is 6.32. The van der Waals surface area contributed by atoms with Gasteiger partial charge in [-0.3, -0.25) is 0 Å². The van der Waals surface area contributed by atoms with Gasteiger partial charge in [0.1, 0.15) is 11.9 Å². The number of rotatable bonds is 1. The first-order valence-electron chi connectivity index (χ1n) is 5.83. The van der Waals surface area contributed by atoms with Crippen molar-refractivity contribution >= 4 is 11.6 Å². The van der Waals surface area contributed by atoms with Crippen LogP contribution in [-0.4, -0.2) is 0 Å². The van der Waals surface area contributed by atoms with Crippen LogP contribution in [0.15, 0.2) is 48.5 Å². The topological polar surface area (TPSA) is 9.23 Å². The molecule has 2 aromatic rings. The first-order chi connectivity index (χ1) is 8.34. The molecule has 1 unspecified atom stereocenters. The molecule has 0 aromatic heterocycles. The lowest BCUT2D eigenvalue weighted by atomic mass is 9.97. The molecule has 1 heterocycles. The molecular weight excluding hydrogens is 232 g/mol. The maximum atomic E-state index is 6.17. The number of hydrogen-bond acceptors (Lipinski definition) is 1. The summed E-state index contributed by atoms with van der Waals surface area (Å²) in [4.78, 5) is 0. The Morgan fingerprint density at radius 1 is 1.00 bits per heavy atom. The van der Waals surface area contributed by atoms with E-state index in [0.717, 1.165) is 18.6 Å². The molecule has 0 aliphatic carbocycles. The zero-order chi connectivity index (χ0) is 11.7. The van der Waals surface area contributed by atoms with Gasteiger partial charge in [-0.1, -0.05) is 54.1 Å². The van der Waals surface area contributed by atoms with Gasteiger partial charge in [-0.05, 0) is 30.0 Å². The van der Waals surface area contributed by atoms with Gasteiger partial charge in [0.25, 0.3) is 0 Å². The summed E-state index contributed by atoms with van der Waals surface area (Å²) in [5.74, 6) is 0.856. The SMILES string of the molecule is Clc1cccc2c1OC(c1ccccc1)CC2. The van der Waals surface area contributed by atoms with Crippen molar-refractivity contribution in [3.63, 3.8) is 0 Å². The molecule has 1 atom stereocenters. The fraction of sp³-hybridized carbons (Fsp3) is 0.200. The van der Waals surface area contributed by atoms with Gasteiger partial charge in [-0.2, -0.15) is 0 Å². The van der Waals surface area contributed by atoms with Gasteiger partial charge in [0.05, 0.1) is 5.02 Å². The van der Waals surface area contributed by atoms with Gasteiger partial charge in [0, 0.05) is 0 Å². The molecule has 0 amide bonds. The van der Waals surface area contributed by atoms with E-state index in [-0.39, 0.29) is 6.10 Å². The molecule has 0 radical (unpaired) electrons. The van der Waals surface area contributed by atoms with E-state index in [9.17, 15) is 0 Å². The Bertz CT molecular complexity index is 522. The van der Waals surface area contributed by atoms with Crippen molar-refractivity contribution in [2.24, 2.45) is 0 Å². The Hall–Kier alpha value is -1.47. The molecule has 0 bridgehead atoms. The first-order valence-corrected chi connectivity index (χ1v) is 6.21. The molecule has 2 aromatic carbocycles. The van der Waals surface area contributed by atoms with Crippen LogP contribution in [0.25, 0.3) is 0 Å². The van der Waals surface area contributed by atoms with Gasteiger partial charge in [0.2, 0.25) is 0 Å². The van der Waals surface area contributed by atoms with E-state index in [1.807, 2.05) is 30.3 Å². The van der Waals surface area contributed by atoms with Crippen molar-refractivity contribution in [2.45, 2.75) is 18.9 Å². The van der Waals surface area contributed by atoms with Gasteiger partial charge in [-0.15, -0.1) is 0 Å². The van der Waals surface area contributed by atoms with Gasteiger partial charge in [-0.25, -0.2) is 0 Å². The summed E-state index contributed by atoms with van der Waals surface area (Å²) in [5.41, 5.74) is 2.43. The largest absolute Gasteiger partial charge is 0.484 e. The maximum Gasteiger partial charge on any atom is 0.142 e. The van der Waals surface area contributed by atoms with E-state index in [2.05, 4.69) is 18.2 Å². The van der Waals surface area contributed by atoms with Crippen LogP contribution in [0.2, 0.25) is 5.02 Å². The van der Waals surface area contributed by atoms with E-state index < -0.39 is 0 Å². The molecule has 2 heteroatoms. The summed E-state index contributed by atoms with van der Waals surface area (Å²) in [5, 5.41) is 0.711.